The highest BCUT2D eigenvalue weighted by Crippen LogP contribution is 2.25. The Hall–Kier alpha value is -2.52. The number of para-hydroxylation sites is 2. The second-order valence-corrected chi connectivity index (χ2v) is 7.54. The van der Waals surface area contributed by atoms with E-state index >= 15 is 0 Å². The highest BCUT2D eigenvalue weighted by Gasteiger charge is 2.23. The lowest BCUT2D eigenvalue weighted by Gasteiger charge is -2.18. The standard InChI is InChI=1S/C17H18F2N2O4S/c1-12-7-9-13(10-8-12)26(23,24)21(2)11-16(22)20-14-5-3-4-6-15(14)25-17(18)19/h3-10,17H,11H2,1-2H3,(H,20,22). The number of nitrogens with zero attached hydrogens (tertiary/aromatic N) is 1. The zero-order chi connectivity index (χ0) is 19.3. The molecule has 9 heteroatoms. The lowest BCUT2D eigenvalue weighted by Crippen LogP contribution is -2.35. The number of aryl methyl sites for hydroxylation is 1. The van der Waals surface area contributed by atoms with Gasteiger partial charge >= 0.3 is 6.61 Å². The van der Waals surface area contributed by atoms with Gasteiger partial charge in [0.1, 0.15) is 5.75 Å². The number of alkyl halides is 2. The van der Waals surface area contributed by atoms with Gasteiger partial charge in [-0.05, 0) is 31.2 Å². The van der Waals surface area contributed by atoms with E-state index in [2.05, 4.69) is 10.1 Å². The van der Waals surface area contributed by atoms with Crippen molar-refractivity contribution in [3.63, 3.8) is 0 Å². The molecule has 0 unspecified atom stereocenters. The summed E-state index contributed by atoms with van der Waals surface area (Å²) in [4.78, 5) is 12.2. The third kappa shape index (κ3) is 4.99. The van der Waals surface area contributed by atoms with Crippen LogP contribution in [0.2, 0.25) is 0 Å². The minimum atomic E-state index is -3.85. The molecule has 0 spiro atoms. The third-order valence-corrected chi connectivity index (χ3v) is 5.29. The van der Waals surface area contributed by atoms with E-state index in [9.17, 15) is 22.0 Å². The van der Waals surface area contributed by atoms with Crippen LogP contribution in [0.3, 0.4) is 0 Å². The molecule has 0 aliphatic rings. The predicted molar refractivity (Wildman–Crippen MR) is 92.7 cm³/mol. The van der Waals surface area contributed by atoms with Gasteiger partial charge in [-0.2, -0.15) is 13.1 Å². The number of rotatable bonds is 7. The summed E-state index contributed by atoms with van der Waals surface area (Å²) >= 11 is 0. The molecular weight excluding hydrogens is 366 g/mol. The summed E-state index contributed by atoms with van der Waals surface area (Å²) in [5, 5.41) is 2.38. The third-order valence-electron chi connectivity index (χ3n) is 3.47. The van der Waals surface area contributed by atoms with Gasteiger partial charge < -0.3 is 10.1 Å². The number of amides is 1. The molecule has 0 saturated carbocycles. The molecule has 0 saturated heterocycles. The number of nitrogens with one attached hydrogen (secondary N) is 1. The predicted octanol–water partition coefficient (Wildman–Crippen LogP) is 2.86. The van der Waals surface area contributed by atoms with Gasteiger partial charge in [-0.25, -0.2) is 8.42 Å². The summed E-state index contributed by atoms with van der Waals surface area (Å²) in [6.07, 6.45) is 0. The van der Waals surface area contributed by atoms with Crippen LogP contribution in [0.25, 0.3) is 0 Å². The molecule has 0 atom stereocenters. The van der Waals surface area contributed by atoms with E-state index in [1.165, 1.54) is 43.4 Å². The smallest absolute Gasteiger partial charge is 0.387 e. The molecule has 6 nitrogen and oxygen atoms in total. The monoisotopic (exact) mass is 384 g/mol. The number of halogens is 2. The first-order valence-corrected chi connectivity index (χ1v) is 9.01. The number of likely N-dealkylation sites (N-methyl/N-ethyl adjacent to an activating group) is 1. The fraction of sp³-hybridized carbons (Fsp3) is 0.235. The normalized spacial score (nSPS) is 11.6. The molecule has 1 N–H and O–H groups in total. The number of sulfonamides is 1. The van der Waals surface area contributed by atoms with E-state index in [4.69, 9.17) is 0 Å². The van der Waals surface area contributed by atoms with Gasteiger partial charge in [-0.3, -0.25) is 4.79 Å². The maximum Gasteiger partial charge on any atom is 0.387 e. The van der Waals surface area contributed by atoms with Crippen molar-refractivity contribution in [3.8, 4) is 5.75 Å². The molecule has 2 aromatic carbocycles. The van der Waals surface area contributed by atoms with Gasteiger partial charge in [0.2, 0.25) is 15.9 Å². The molecule has 26 heavy (non-hydrogen) atoms. The number of carbonyl (C=O) groups is 1. The quantitative estimate of drug-likeness (QED) is 0.797. The Labute approximate surface area is 150 Å². The Morgan fingerprint density at radius 2 is 1.77 bits per heavy atom. The molecule has 0 heterocycles. The average Bonchev–Trinajstić information content (AvgIpc) is 2.56. The summed E-state index contributed by atoms with van der Waals surface area (Å²) in [5.74, 6) is -0.895. The van der Waals surface area contributed by atoms with Crippen molar-refractivity contribution in [1.82, 2.24) is 4.31 Å². The van der Waals surface area contributed by atoms with E-state index in [0.717, 1.165) is 9.87 Å². The SMILES string of the molecule is Cc1ccc(S(=O)(=O)N(C)CC(=O)Nc2ccccc2OC(F)F)cc1. The molecule has 0 aliphatic carbocycles. The lowest BCUT2D eigenvalue weighted by atomic mass is 10.2. The van der Waals surface area contributed by atoms with Crippen LogP contribution in [0.4, 0.5) is 14.5 Å². The maximum atomic E-state index is 12.5. The Bertz CT molecular complexity index is 871. The molecule has 140 valence electrons. The Morgan fingerprint density at radius 3 is 2.38 bits per heavy atom. The number of hydrogen-bond acceptors (Lipinski definition) is 4. The summed E-state index contributed by atoms with van der Waals surface area (Å²) in [7, 11) is -2.59. The maximum absolute atomic E-state index is 12.5. The van der Waals surface area contributed by atoms with Gasteiger partial charge in [-0.15, -0.1) is 0 Å². The lowest BCUT2D eigenvalue weighted by molar-refractivity contribution is -0.116. The van der Waals surface area contributed by atoms with Crippen LogP contribution in [0.1, 0.15) is 5.56 Å². The largest absolute Gasteiger partial charge is 0.433 e. The van der Waals surface area contributed by atoms with E-state index in [0.29, 0.717) is 0 Å². The van der Waals surface area contributed by atoms with Crippen molar-refractivity contribution in [2.45, 2.75) is 18.4 Å². The molecule has 0 aliphatic heterocycles. The van der Waals surface area contributed by atoms with Crippen LogP contribution < -0.4 is 10.1 Å². The summed E-state index contributed by atoms with van der Waals surface area (Å²) in [6, 6.07) is 11.9. The molecule has 2 rings (SSSR count). The average molecular weight is 384 g/mol. The van der Waals surface area contributed by atoms with Crippen LogP contribution in [0.5, 0.6) is 5.75 Å². The van der Waals surface area contributed by atoms with E-state index in [1.54, 1.807) is 12.1 Å². The first-order chi connectivity index (χ1) is 12.2. The van der Waals surface area contributed by atoms with Crippen molar-refractivity contribution in [2.75, 3.05) is 18.9 Å². The first kappa shape index (κ1) is 19.8. The highest BCUT2D eigenvalue weighted by molar-refractivity contribution is 7.89. The van der Waals surface area contributed by atoms with E-state index < -0.39 is 29.1 Å². The van der Waals surface area contributed by atoms with Crippen molar-refractivity contribution in [1.29, 1.82) is 0 Å². The Balaban J connectivity index is 2.09. The Morgan fingerprint density at radius 1 is 1.15 bits per heavy atom. The summed E-state index contributed by atoms with van der Waals surface area (Å²) in [6.45, 7) is -1.70. The van der Waals surface area contributed by atoms with Crippen molar-refractivity contribution >= 4 is 21.6 Å². The minimum Gasteiger partial charge on any atom is -0.433 e. The van der Waals surface area contributed by atoms with Gasteiger partial charge in [0.05, 0.1) is 17.1 Å². The van der Waals surface area contributed by atoms with E-state index in [-0.39, 0.29) is 16.3 Å². The zero-order valence-corrected chi connectivity index (χ0v) is 15.0. The molecule has 0 bridgehead atoms. The van der Waals surface area contributed by atoms with Crippen molar-refractivity contribution < 1.29 is 26.7 Å². The second kappa shape index (κ2) is 8.24. The van der Waals surface area contributed by atoms with Gasteiger partial charge in [0, 0.05) is 7.05 Å². The summed E-state index contributed by atoms with van der Waals surface area (Å²) in [5.41, 5.74) is 0.930. The van der Waals surface area contributed by atoms with Crippen LogP contribution >= 0.6 is 0 Å². The number of hydrogen-bond donors (Lipinski definition) is 1. The first-order valence-electron chi connectivity index (χ1n) is 7.57. The van der Waals surface area contributed by atoms with Crippen LogP contribution in [0.15, 0.2) is 53.4 Å². The number of anilines is 1. The number of benzene rings is 2. The molecular formula is C17H18F2N2O4S. The number of ether oxygens (including phenoxy) is 1. The minimum absolute atomic E-state index is 0.0268. The topological polar surface area (TPSA) is 75.7 Å². The van der Waals surface area contributed by atoms with Crippen LogP contribution in [-0.2, 0) is 14.8 Å². The Kier molecular flexibility index (Phi) is 6.27. The molecule has 0 fully saturated rings. The van der Waals surface area contributed by atoms with Crippen LogP contribution in [0, 0.1) is 6.92 Å². The fourth-order valence-electron chi connectivity index (χ4n) is 2.14. The van der Waals surface area contributed by atoms with Crippen LogP contribution in [-0.4, -0.2) is 38.8 Å². The molecule has 2 aromatic rings. The zero-order valence-electron chi connectivity index (χ0n) is 14.1. The molecule has 0 radical (unpaired) electrons. The highest BCUT2D eigenvalue weighted by atomic mass is 32.2. The van der Waals surface area contributed by atoms with Gasteiger partial charge in [0.15, 0.2) is 0 Å². The molecule has 1 amide bonds. The van der Waals surface area contributed by atoms with Gasteiger partial charge in [-0.1, -0.05) is 29.8 Å². The van der Waals surface area contributed by atoms with Gasteiger partial charge in [0.25, 0.3) is 0 Å². The number of carbonyl (C=O) groups excluding carboxylic acids is 1. The fourth-order valence-corrected chi connectivity index (χ4v) is 3.26. The second-order valence-electron chi connectivity index (χ2n) is 5.50. The van der Waals surface area contributed by atoms with Crippen molar-refractivity contribution in [2.24, 2.45) is 0 Å². The van der Waals surface area contributed by atoms with E-state index in [1.807, 2.05) is 6.92 Å². The molecule has 0 aromatic heterocycles. The summed E-state index contributed by atoms with van der Waals surface area (Å²) < 4.78 is 54.9. The van der Waals surface area contributed by atoms with Crippen molar-refractivity contribution in [3.05, 3.63) is 54.1 Å².